The van der Waals surface area contributed by atoms with Gasteiger partial charge in [0.15, 0.2) is 12.4 Å². The predicted molar refractivity (Wildman–Crippen MR) is 69.2 cm³/mol. The van der Waals surface area contributed by atoms with Crippen LogP contribution in [0.2, 0.25) is 0 Å². The molecule has 104 valence electrons. The molecule has 0 saturated heterocycles. The van der Waals surface area contributed by atoms with Crippen molar-refractivity contribution in [2.24, 2.45) is 5.92 Å². The van der Waals surface area contributed by atoms with Crippen molar-refractivity contribution in [2.45, 2.75) is 13.5 Å². The number of pyridine rings is 1. The van der Waals surface area contributed by atoms with Gasteiger partial charge in [-0.05, 0) is 13.0 Å². The molecule has 1 unspecified atom stereocenters. The number of nitrogens with zero attached hydrogens (tertiary/aromatic N) is 2. The van der Waals surface area contributed by atoms with Crippen molar-refractivity contribution < 1.29 is 14.3 Å². The first-order valence-corrected chi connectivity index (χ1v) is 5.74. The van der Waals surface area contributed by atoms with E-state index in [-0.39, 0.29) is 17.8 Å². The molecule has 0 bridgehead atoms. The molecule has 0 aliphatic rings. The largest absolute Gasteiger partial charge is 0.456 e. The van der Waals surface area contributed by atoms with Crippen LogP contribution in [0.5, 0.6) is 0 Å². The second kappa shape index (κ2) is 6.99. The summed E-state index contributed by atoms with van der Waals surface area (Å²) < 4.78 is 5.84. The number of carbonyl (C=O) groups is 2. The van der Waals surface area contributed by atoms with Crippen LogP contribution in [0.3, 0.4) is 0 Å². The van der Waals surface area contributed by atoms with Crippen molar-refractivity contribution in [3.05, 3.63) is 34.7 Å². The third-order valence-corrected chi connectivity index (χ3v) is 2.46. The van der Waals surface area contributed by atoms with Gasteiger partial charge in [0.25, 0.3) is 5.56 Å². The second-order valence-electron chi connectivity index (χ2n) is 4.04. The van der Waals surface area contributed by atoms with Gasteiger partial charge in [-0.1, -0.05) is 6.07 Å². The highest BCUT2D eigenvalue weighted by Crippen LogP contribution is 2.00. The molecule has 1 rings (SSSR count). The van der Waals surface area contributed by atoms with Crippen LogP contribution in [-0.2, 0) is 20.9 Å². The summed E-state index contributed by atoms with van der Waals surface area (Å²) in [4.78, 5) is 34.4. The van der Waals surface area contributed by atoms with Gasteiger partial charge in [0.2, 0.25) is 0 Å². The Balaban J connectivity index is 2.55. The minimum absolute atomic E-state index is 0.104. The summed E-state index contributed by atoms with van der Waals surface area (Å²) in [5.41, 5.74) is -0.464. The molecule has 1 atom stereocenters. The quantitative estimate of drug-likeness (QED) is 0.586. The summed E-state index contributed by atoms with van der Waals surface area (Å²) in [6.07, 6.45) is 1.42. The number of rotatable bonds is 6. The maximum absolute atomic E-state index is 11.5. The fraction of sp³-hybridized carbons (Fsp3) is 0.308. The van der Waals surface area contributed by atoms with E-state index in [2.05, 4.69) is 0 Å². The zero-order valence-electron chi connectivity index (χ0n) is 10.8. The smallest absolute Gasteiger partial charge is 0.326 e. The molecule has 7 heteroatoms. The van der Waals surface area contributed by atoms with Gasteiger partial charge in [0.1, 0.15) is 12.5 Å². The Morgan fingerprint density at radius 2 is 2.20 bits per heavy atom. The molecule has 20 heavy (non-hydrogen) atoms. The Morgan fingerprint density at radius 3 is 2.75 bits per heavy atom. The van der Waals surface area contributed by atoms with Crippen LogP contribution in [0.25, 0.3) is 0 Å². The van der Waals surface area contributed by atoms with Crippen molar-refractivity contribution in [1.82, 2.24) is 4.57 Å². The van der Waals surface area contributed by atoms with E-state index in [0.717, 1.165) is 4.57 Å². The summed E-state index contributed by atoms with van der Waals surface area (Å²) in [5, 5.41) is 16.0. The van der Waals surface area contributed by atoms with E-state index in [1.54, 1.807) is 12.1 Å². The number of esters is 1. The Morgan fingerprint density at radius 1 is 1.50 bits per heavy atom. The van der Waals surface area contributed by atoms with Crippen LogP contribution in [0.1, 0.15) is 6.92 Å². The van der Waals surface area contributed by atoms with Gasteiger partial charge < -0.3 is 14.7 Å². The molecular weight excluding hydrogens is 262 g/mol. The summed E-state index contributed by atoms with van der Waals surface area (Å²) in [6, 6.07) is 6.08. The summed E-state index contributed by atoms with van der Waals surface area (Å²) in [6.45, 7) is 0.430. The van der Waals surface area contributed by atoms with Gasteiger partial charge in [-0.2, -0.15) is 5.26 Å². The maximum Gasteiger partial charge on any atom is 0.326 e. The number of nitriles is 1. The van der Waals surface area contributed by atoms with Gasteiger partial charge in [-0.15, -0.1) is 0 Å². The van der Waals surface area contributed by atoms with Crippen LogP contribution in [0.15, 0.2) is 29.2 Å². The molecule has 0 spiro atoms. The van der Waals surface area contributed by atoms with E-state index < -0.39 is 24.3 Å². The molecule has 1 aromatic heterocycles. The van der Waals surface area contributed by atoms with Gasteiger partial charge in [0.05, 0.1) is 6.07 Å². The van der Waals surface area contributed by atoms with Gasteiger partial charge in [-0.25, -0.2) is 0 Å². The molecule has 1 N–H and O–H groups in total. The molecule has 7 nitrogen and oxygen atoms in total. The number of hydrogen-bond acceptors (Lipinski definition) is 6. The highest BCUT2D eigenvalue weighted by molar-refractivity contribution is 6.05. The standard InChI is InChI=1S/C13H13N3O4/c1-9(15)10(6-14)11(17)8-20-13(19)7-16-5-3-2-4-12(16)18/h2-5,10,15H,7-8H2,1H3. The molecule has 1 aromatic rings. The Bertz CT molecular complexity index is 627. The average molecular weight is 275 g/mol. The first-order valence-electron chi connectivity index (χ1n) is 5.74. The highest BCUT2D eigenvalue weighted by atomic mass is 16.5. The predicted octanol–water partition coefficient (Wildman–Crippen LogP) is 0.140. The summed E-state index contributed by atoms with van der Waals surface area (Å²) in [5.74, 6) is -2.62. The van der Waals surface area contributed by atoms with Crippen molar-refractivity contribution in [1.29, 1.82) is 10.7 Å². The van der Waals surface area contributed by atoms with E-state index in [1.165, 1.54) is 25.3 Å². The van der Waals surface area contributed by atoms with Gasteiger partial charge in [0, 0.05) is 18.0 Å². The first kappa shape index (κ1) is 15.3. The van der Waals surface area contributed by atoms with Crippen molar-refractivity contribution in [3.63, 3.8) is 0 Å². The van der Waals surface area contributed by atoms with Gasteiger partial charge >= 0.3 is 5.97 Å². The average Bonchev–Trinajstić information content (AvgIpc) is 2.39. The zero-order chi connectivity index (χ0) is 15.1. The monoisotopic (exact) mass is 275 g/mol. The molecule has 0 radical (unpaired) electrons. The molecule has 0 aliphatic heterocycles. The van der Waals surface area contributed by atoms with Crippen LogP contribution in [0, 0.1) is 22.7 Å². The molecule has 0 saturated carbocycles. The fourth-order valence-electron chi connectivity index (χ4n) is 1.42. The minimum atomic E-state index is -1.21. The number of ether oxygens (including phenoxy) is 1. The fourth-order valence-corrected chi connectivity index (χ4v) is 1.42. The van der Waals surface area contributed by atoms with E-state index in [1.807, 2.05) is 0 Å². The van der Waals surface area contributed by atoms with Crippen molar-refractivity contribution in [2.75, 3.05) is 6.61 Å². The SMILES string of the molecule is CC(=N)C(C#N)C(=O)COC(=O)Cn1ccccc1=O. The van der Waals surface area contributed by atoms with E-state index in [9.17, 15) is 14.4 Å². The molecule has 0 fully saturated rings. The number of ketones is 1. The number of Topliss-reactive ketones (excluding diaryl/α,β-unsaturated/α-hetero) is 1. The lowest BCUT2D eigenvalue weighted by molar-refractivity contribution is -0.148. The third-order valence-electron chi connectivity index (χ3n) is 2.46. The number of carbonyl (C=O) groups excluding carboxylic acids is 2. The van der Waals surface area contributed by atoms with Crippen LogP contribution in [0.4, 0.5) is 0 Å². The highest BCUT2D eigenvalue weighted by Gasteiger charge is 2.21. The molecule has 1 heterocycles. The normalized spacial score (nSPS) is 11.2. The topological polar surface area (TPSA) is 113 Å². The Kier molecular flexibility index (Phi) is 5.35. The lowest BCUT2D eigenvalue weighted by Crippen LogP contribution is -2.28. The van der Waals surface area contributed by atoms with E-state index in [0.29, 0.717) is 0 Å². The first-order chi connectivity index (χ1) is 9.45. The van der Waals surface area contributed by atoms with Crippen molar-refractivity contribution >= 4 is 17.5 Å². The lowest BCUT2D eigenvalue weighted by atomic mass is 10.0. The summed E-state index contributed by atoms with van der Waals surface area (Å²) >= 11 is 0. The Hall–Kier alpha value is -2.75. The van der Waals surface area contributed by atoms with E-state index >= 15 is 0 Å². The second-order valence-corrected chi connectivity index (χ2v) is 4.04. The lowest BCUT2D eigenvalue weighted by Gasteiger charge is -2.08. The molecular formula is C13H13N3O4. The van der Waals surface area contributed by atoms with E-state index in [4.69, 9.17) is 15.4 Å². The van der Waals surface area contributed by atoms with Gasteiger partial charge in [-0.3, -0.25) is 14.4 Å². The van der Waals surface area contributed by atoms with Crippen molar-refractivity contribution in [3.8, 4) is 6.07 Å². The molecule has 0 amide bonds. The van der Waals surface area contributed by atoms with Crippen LogP contribution in [-0.4, -0.2) is 28.6 Å². The molecule has 0 aromatic carbocycles. The number of aromatic nitrogens is 1. The third kappa shape index (κ3) is 4.17. The Labute approximate surface area is 114 Å². The zero-order valence-corrected chi connectivity index (χ0v) is 10.8. The summed E-state index contributed by atoms with van der Waals surface area (Å²) in [7, 11) is 0. The number of hydrogen-bond donors (Lipinski definition) is 1. The van der Waals surface area contributed by atoms with Crippen LogP contribution < -0.4 is 5.56 Å². The maximum atomic E-state index is 11.5. The molecule has 0 aliphatic carbocycles. The van der Waals surface area contributed by atoms with Crippen LogP contribution >= 0.6 is 0 Å². The minimum Gasteiger partial charge on any atom is -0.456 e. The number of nitrogens with one attached hydrogen (secondary N) is 1.